The Hall–Kier alpha value is -0.130. The second-order valence-corrected chi connectivity index (χ2v) is 7.85. The third-order valence-electron chi connectivity index (χ3n) is 4.20. The molecule has 1 heterocycles. The summed E-state index contributed by atoms with van der Waals surface area (Å²) in [7, 11) is -3.06. The van der Waals surface area contributed by atoms with Crippen LogP contribution < -0.4 is 5.32 Å². The predicted octanol–water partition coefficient (Wildman–Crippen LogP) is 2.07. The van der Waals surface area contributed by atoms with Crippen molar-refractivity contribution >= 4 is 10.0 Å². The van der Waals surface area contributed by atoms with Crippen molar-refractivity contribution in [1.82, 2.24) is 9.62 Å². The van der Waals surface area contributed by atoms with Gasteiger partial charge in [0.25, 0.3) is 0 Å². The molecule has 1 aliphatic heterocycles. The average molecular weight is 290 g/mol. The Balaban J connectivity index is 2.47. The van der Waals surface area contributed by atoms with Gasteiger partial charge in [-0.15, -0.1) is 0 Å². The fourth-order valence-corrected chi connectivity index (χ4v) is 4.30. The van der Waals surface area contributed by atoms with Crippen LogP contribution in [0.15, 0.2) is 0 Å². The molecule has 0 amide bonds. The van der Waals surface area contributed by atoms with E-state index in [1.165, 1.54) is 0 Å². The van der Waals surface area contributed by atoms with E-state index in [1.54, 1.807) is 4.31 Å². The second kappa shape index (κ2) is 8.22. The SMILES string of the molecule is CCC(C)CN(CC)S(=O)(=O)CCC1CCNCC1. The van der Waals surface area contributed by atoms with E-state index in [4.69, 9.17) is 0 Å². The lowest BCUT2D eigenvalue weighted by atomic mass is 9.96. The number of piperidine rings is 1. The summed E-state index contributed by atoms with van der Waals surface area (Å²) in [4.78, 5) is 0. The van der Waals surface area contributed by atoms with Crippen molar-refractivity contribution in [3.05, 3.63) is 0 Å². The molecule has 0 aromatic rings. The van der Waals surface area contributed by atoms with Gasteiger partial charge >= 0.3 is 0 Å². The van der Waals surface area contributed by atoms with Crippen molar-refractivity contribution in [2.24, 2.45) is 11.8 Å². The van der Waals surface area contributed by atoms with Crippen LogP contribution in [0.5, 0.6) is 0 Å². The minimum absolute atomic E-state index is 0.321. The van der Waals surface area contributed by atoms with Crippen LogP contribution >= 0.6 is 0 Å². The van der Waals surface area contributed by atoms with Gasteiger partial charge in [-0.2, -0.15) is 0 Å². The maximum absolute atomic E-state index is 12.4. The Bertz CT molecular complexity index is 337. The molecule has 1 fully saturated rings. The van der Waals surface area contributed by atoms with Gasteiger partial charge in [-0.3, -0.25) is 0 Å². The number of hydrogen-bond donors (Lipinski definition) is 1. The molecule has 0 radical (unpaired) electrons. The van der Waals surface area contributed by atoms with E-state index in [0.717, 1.165) is 38.8 Å². The van der Waals surface area contributed by atoms with Crippen LogP contribution in [0.2, 0.25) is 0 Å². The molecule has 0 aliphatic carbocycles. The first-order valence-electron chi connectivity index (χ1n) is 7.68. The lowest BCUT2D eigenvalue weighted by molar-refractivity contribution is 0.346. The van der Waals surface area contributed by atoms with Crippen LogP contribution in [0.4, 0.5) is 0 Å². The molecule has 0 bridgehead atoms. The maximum Gasteiger partial charge on any atom is 0.214 e. The molecule has 1 rings (SSSR count). The maximum atomic E-state index is 12.4. The number of rotatable bonds is 8. The quantitative estimate of drug-likeness (QED) is 0.744. The monoisotopic (exact) mass is 290 g/mol. The molecule has 0 aromatic heterocycles. The molecule has 4 nitrogen and oxygen atoms in total. The molecule has 5 heteroatoms. The van der Waals surface area contributed by atoms with Crippen LogP contribution in [-0.2, 0) is 10.0 Å². The first kappa shape index (κ1) is 16.9. The van der Waals surface area contributed by atoms with Crippen molar-refractivity contribution in [3.8, 4) is 0 Å². The van der Waals surface area contributed by atoms with Crippen molar-refractivity contribution in [1.29, 1.82) is 0 Å². The molecule has 0 saturated carbocycles. The molecule has 19 heavy (non-hydrogen) atoms. The van der Waals surface area contributed by atoms with Crippen LogP contribution in [0.1, 0.15) is 46.5 Å². The summed E-state index contributed by atoms with van der Waals surface area (Å²) in [6.45, 7) is 9.50. The molecule has 1 atom stereocenters. The zero-order chi connectivity index (χ0) is 14.3. The summed E-state index contributed by atoms with van der Waals surface area (Å²) in [5, 5.41) is 3.32. The molecule has 1 aliphatic rings. The predicted molar refractivity (Wildman–Crippen MR) is 80.7 cm³/mol. The van der Waals surface area contributed by atoms with Crippen LogP contribution in [0, 0.1) is 11.8 Å². The van der Waals surface area contributed by atoms with Gasteiger partial charge in [0.15, 0.2) is 0 Å². The highest BCUT2D eigenvalue weighted by Crippen LogP contribution is 2.18. The Morgan fingerprint density at radius 3 is 2.42 bits per heavy atom. The number of sulfonamides is 1. The zero-order valence-electron chi connectivity index (χ0n) is 12.7. The average Bonchev–Trinajstić information content (AvgIpc) is 2.43. The molecule has 1 saturated heterocycles. The third-order valence-corrected chi connectivity index (χ3v) is 6.15. The summed E-state index contributed by atoms with van der Waals surface area (Å²) in [5.41, 5.74) is 0. The minimum atomic E-state index is -3.06. The molecule has 1 unspecified atom stereocenters. The van der Waals surface area contributed by atoms with Crippen LogP contribution in [-0.4, -0.2) is 44.7 Å². The first-order valence-corrected chi connectivity index (χ1v) is 9.29. The highest BCUT2D eigenvalue weighted by molar-refractivity contribution is 7.89. The van der Waals surface area contributed by atoms with E-state index in [2.05, 4.69) is 19.2 Å². The van der Waals surface area contributed by atoms with E-state index >= 15 is 0 Å². The molecular formula is C14H30N2O2S. The van der Waals surface area contributed by atoms with Gasteiger partial charge in [-0.1, -0.05) is 27.2 Å². The van der Waals surface area contributed by atoms with Crippen molar-refractivity contribution < 1.29 is 8.42 Å². The minimum Gasteiger partial charge on any atom is -0.317 e. The van der Waals surface area contributed by atoms with E-state index in [1.807, 2.05) is 6.92 Å². The van der Waals surface area contributed by atoms with E-state index in [-0.39, 0.29) is 0 Å². The summed E-state index contributed by atoms with van der Waals surface area (Å²) in [6.07, 6.45) is 4.08. The van der Waals surface area contributed by atoms with Gasteiger partial charge < -0.3 is 5.32 Å². The molecule has 1 N–H and O–H groups in total. The van der Waals surface area contributed by atoms with Crippen molar-refractivity contribution in [2.45, 2.75) is 46.5 Å². The van der Waals surface area contributed by atoms with E-state index in [9.17, 15) is 8.42 Å². The smallest absolute Gasteiger partial charge is 0.214 e. The van der Waals surface area contributed by atoms with Gasteiger partial charge in [-0.25, -0.2) is 12.7 Å². The molecule has 0 aromatic carbocycles. The summed E-state index contributed by atoms with van der Waals surface area (Å²) in [6, 6.07) is 0. The third kappa shape index (κ3) is 5.79. The molecular weight excluding hydrogens is 260 g/mol. The first-order chi connectivity index (χ1) is 8.99. The van der Waals surface area contributed by atoms with Crippen LogP contribution in [0.3, 0.4) is 0 Å². The zero-order valence-corrected chi connectivity index (χ0v) is 13.5. The fourth-order valence-electron chi connectivity index (χ4n) is 2.53. The summed E-state index contributed by atoms with van der Waals surface area (Å²) in [5.74, 6) is 1.34. The largest absolute Gasteiger partial charge is 0.317 e. The number of nitrogens with zero attached hydrogens (tertiary/aromatic N) is 1. The normalized spacial score (nSPS) is 19.8. The van der Waals surface area contributed by atoms with E-state index in [0.29, 0.717) is 30.7 Å². The highest BCUT2D eigenvalue weighted by atomic mass is 32.2. The number of hydrogen-bond acceptors (Lipinski definition) is 3. The van der Waals surface area contributed by atoms with E-state index < -0.39 is 10.0 Å². The Morgan fingerprint density at radius 2 is 1.89 bits per heavy atom. The van der Waals surface area contributed by atoms with Gasteiger partial charge in [0.1, 0.15) is 0 Å². The number of nitrogens with one attached hydrogen (secondary N) is 1. The second-order valence-electron chi connectivity index (χ2n) is 5.76. The Morgan fingerprint density at radius 1 is 1.26 bits per heavy atom. The van der Waals surface area contributed by atoms with Gasteiger partial charge in [0, 0.05) is 13.1 Å². The van der Waals surface area contributed by atoms with Gasteiger partial charge in [-0.05, 0) is 44.2 Å². The van der Waals surface area contributed by atoms with Gasteiger partial charge in [0.05, 0.1) is 5.75 Å². The summed E-state index contributed by atoms with van der Waals surface area (Å²) < 4.78 is 26.4. The molecule has 114 valence electrons. The van der Waals surface area contributed by atoms with Crippen molar-refractivity contribution in [3.63, 3.8) is 0 Å². The standard InChI is InChI=1S/C14H30N2O2S/c1-4-13(3)12-16(5-2)19(17,18)11-8-14-6-9-15-10-7-14/h13-15H,4-12H2,1-3H3. The Kier molecular flexibility index (Phi) is 7.32. The van der Waals surface area contributed by atoms with Gasteiger partial charge in [0.2, 0.25) is 10.0 Å². The summed E-state index contributed by atoms with van der Waals surface area (Å²) >= 11 is 0. The fraction of sp³-hybridized carbons (Fsp3) is 1.00. The highest BCUT2D eigenvalue weighted by Gasteiger charge is 2.24. The van der Waals surface area contributed by atoms with Crippen molar-refractivity contribution in [2.75, 3.05) is 31.9 Å². The Labute approximate surface area is 119 Å². The lowest BCUT2D eigenvalue weighted by Gasteiger charge is -2.26. The molecule has 0 spiro atoms. The lowest BCUT2D eigenvalue weighted by Crippen LogP contribution is -2.37. The topological polar surface area (TPSA) is 49.4 Å². The van der Waals surface area contributed by atoms with Crippen LogP contribution in [0.25, 0.3) is 0 Å².